The summed E-state index contributed by atoms with van der Waals surface area (Å²) in [5.74, 6) is -2.47. The molecule has 0 amide bonds. The number of hydrogen-bond acceptors (Lipinski definition) is 3. The second kappa shape index (κ2) is 3.68. The van der Waals surface area contributed by atoms with E-state index in [1.807, 2.05) is 0 Å². The number of aliphatic carboxylic acids is 1. The van der Waals surface area contributed by atoms with E-state index in [9.17, 15) is 14.4 Å². The van der Waals surface area contributed by atoms with Crippen LogP contribution in [0.3, 0.4) is 0 Å². The van der Waals surface area contributed by atoms with E-state index < -0.39 is 17.8 Å². The van der Waals surface area contributed by atoms with Crippen molar-refractivity contribution in [2.45, 2.75) is 26.2 Å². The van der Waals surface area contributed by atoms with Gasteiger partial charge in [-0.05, 0) is 13.3 Å². The van der Waals surface area contributed by atoms with Crippen LogP contribution in [0.25, 0.3) is 0 Å². The Morgan fingerprint density at radius 1 is 1.38 bits per heavy atom. The molecule has 0 bridgehead atoms. The maximum Gasteiger partial charge on any atom is 0.307 e. The van der Waals surface area contributed by atoms with Gasteiger partial charge in [-0.2, -0.15) is 0 Å². The predicted molar refractivity (Wildman–Crippen MR) is 44.2 cm³/mol. The van der Waals surface area contributed by atoms with Crippen LogP contribution in [0.5, 0.6) is 0 Å². The monoisotopic (exact) mass is 184 g/mol. The maximum atomic E-state index is 11.0. The molecule has 72 valence electrons. The number of rotatable bonds is 2. The maximum absolute atomic E-state index is 11.0. The fourth-order valence-electron chi connectivity index (χ4n) is 1.75. The first-order chi connectivity index (χ1) is 6.02. The SMILES string of the molecule is CC(=O)[C@H]1CCC(=O)C[C@@H]1C(=O)O. The van der Waals surface area contributed by atoms with Crippen LogP contribution in [0.15, 0.2) is 0 Å². The van der Waals surface area contributed by atoms with E-state index in [1.54, 1.807) is 0 Å². The van der Waals surface area contributed by atoms with Crippen LogP contribution >= 0.6 is 0 Å². The fraction of sp³-hybridized carbons (Fsp3) is 0.667. The van der Waals surface area contributed by atoms with Gasteiger partial charge in [-0.25, -0.2) is 0 Å². The zero-order valence-corrected chi connectivity index (χ0v) is 7.45. The van der Waals surface area contributed by atoms with E-state index in [1.165, 1.54) is 6.92 Å². The van der Waals surface area contributed by atoms with Crippen LogP contribution in [0, 0.1) is 11.8 Å². The van der Waals surface area contributed by atoms with Crippen LogP contribution in [0.4, 0.5) is 0 Å². The minimum Gasteiger partial charge on any atom is -0.481 e. The lowest BCUT2D eigenvalue weighted by Gasteiger charge is -2.25. The highest BCUT2D eigenvalue weighted by atomic mass is 16.4. The Morgan fingerprint density at radius 2 is 2.00 bits per heavy atom. The molecule has 4 heteroatoms. The Bertz CT molecular complexity index is 256. The van der Waals surface area contributed by atoms with Crippen LogP contribution in [0.2, 0.25) is 0 Å². The molecule has 0 aromatic carbocycles. The van der Waals surface area contributed by atoms with Crippen LogP contribution in [-0.2, 0) is 14.4 Å². The Hall–Kier alpha value is -1.19. The van der Waals surface area contributed by atoms with Crippen molar-refractivity contribution in [2.24, 2.45) is 11.8 Å². The number of Topliss-reactive ketones (excluding diaryl/α,β-unsaturated/α-hetero) is 2. The van der Waals surface area contributed by atoms with E-state index in [0.29, 0.717) is 12.8 Å². The molecule has 4 nitrogen and oxygen atoms in total. The molecule has 2 atom stereocenters. The lowest BCUT2D eigenvalue weighted by atomic mass is 9.77. The van der Waals surface area contributed by atoms with Crippen molar-refractivity contribution in [3.05, 3.63) is 0 Å². The normalized spacial score (nSPS) is 28.5. The Morgan fingerprint density at radius 3 is 2.46 bits per heavy atom. The minimum absolute atomic E-state index is 0.0135. The first-order valence-electron chi connectivity index (χ1n) is 4.27. The van der Waals surface area contributed by atoms with Gasteiger partial charge in [-0.3, -0.25) is 14.4 Å². The number of hydrogen-bond donors (Lipinski definition) is 1. The molecule has 1 rings (SSSR count). The summed E-state index contributed by atoms with van der Waals surface area (Å²) in [5, 5.41) is 8.77. The van der Waals surface area contributed by atoms with Gasteiger partial charge in [0.1, 0.15) is 11.6 Å². The molecule has 1 saturated carbocycles. The molecule has 0 saturated heterocycles. The van der Waals surface area contributed by atoms with Crippen LogP contribution in [-0.4, -0.2) is 22.6 Å². The summed E-state index contributed by atoms with van der Waals surface area (Å²) in [7, 11) is 0. The molecular weight excluding hydrogens is 172 g/mol. The first kappa shape index (κ1) is 9.89. The molecule has 0 radical (unpaired) electrons. The number of carbonyl (C=O) groups is 3. The zero-order chi connectivity index (χ0) is 10.0. The molecule has 1 aliphatic carbocycles. The Labute approximate surface area is 75.9 Å². The fourth-order valence-corrected chi connectivity index (χ4v) is 1.75. The van der Waals surface area contributed by atoms with E-state index >= 15 is 0 Å². The summed E-state index contributed by atoms with van der Waals surface area (Å²) in [6.45, 7) is 1.39. The summed E-state index contributed by atoms with van der Waals surface area (Å²) in [6.07, 6.45) is 0.749. The van der Waals surface area contributed by atoms with E-state index in [-0.39, 0.29) is 18.0 Å². The summed E-state index contributed by atoms with van der Waals surface area (Å²) in [6, 6.07) is 0. The van der Waals surface area contributed by atoms with Crippen LogP contribution in [0.1, 0.15) is 26.2 Å². The van der Waals surface area contributed by atoms with Crippen molar-refractivity contribution < 1.29 is 19.5 Å². The molecule has 1 N–H and O–H groups in total. The van der Waals surface area contributed by atoms with E-state index in [2.05, 4.69) is 0 Å². The van der Waals surface area contributed by atoms with Gasteiger partial charge in [-0.15, -0.1) is 0 Å². The topological polar surface area (TPSA) is 71.4 Å². The molecule has 0 aliphatic heterocycles. The third-order valence-corrected chi connectivity index (χ3v) is 2.51. The molecule has 0 heterocycles. The van der Waals surface area contributed by atoms with Crippen molar-refractivity contribution in [3.8, 4) is 0 Å². The third kappa shape index (κ3) is 2.14. The van der Waals surface area contributed by atoms with E-state index in [0.717, 1.165) is 0 Å². The third-order valence-electron chi connectivity index (χ3n) is 2.51. The lowest BCUT2D eigenvalue weighted by Crippen LogP contribution is -2.34. The number of ketones is 2. The van der Waals surface area contributed by atoms with Crippen molar-refractivity contribution in [1.29, 1.82) is 0 Å². The average Bonchev–Trinajstić information content (AvgIpc) is 2.03. The van der Waals surface area contributed by atoms with Crippen molar-refractivity contribution in [1.82, 2.24) is 0 Å². The van der Waals surface area contributed by atoms with Gasteiger partial charge in [0.25, 0.3) is 0 Å². The van der Waals surface area contributed by atoms with Gasteiger partial charge in [-0.1, -0.05) is 0 Å². The molecule has 13 heavy (non-hydrogen) atoms. The van der Waals surface area contributed by atoms with Gasteiger partial charge < -0.3 is 5.11 Å². The molecular formula is C9H12O4. The smallest absolute Gasteiger partial charge is 0.307 e. The van der Waals surface area contributed by atoms with E-state index in [4.69, 9.17) is 5.11 Å². The Balaban J connectivity index is 2.77. The molecule has 1 fully saturated rings. The number of carboxylic acid groups (broad SMARTS) is 1. The summed E-state index contributed by atoms with van der Waals surface area (Å²) in [5.41, 5.74) is 0. The lowest BCUT2D eigenvalue weighted by molar-refractivity contribution is -0.150. The van der Waals surface area contributed by atoms with Gasteiger partial charge in [0.05, 0.1) is 5.92 Å². The van der Waals surface area contributed by atoms with Crippen molar-refractivity contribution >= 4 is 17.5 Å². The molecule has 0 aromatic heterocycles. The minimum atomic E-state index is -1.03. The second-order valence-electron chi connectivity index (χ2n) is 3.44. The van der Waals surface area contributed by atoms with Gasteiger partial charge in [0.2, 0.25) is 0 Å². The first-order valence-corrected chi connectivity index (χ1v) is 4.27. The number of carbonyl (C=O) groups excluding carboxylic acids is 2. The largest absolute Gasteiger partial charge is 0.481 e. The Kier molecular flexibility index (Phi) is 2.80. The van der Waals surface area contributed by atoms with Crippen LogP contribution < -0.4 is 0 Å². The number of carboxylic acids is 1. The summed E-state index contributed by atoms with van der Waals surface area (Å²) >= 11 is 0. The highest BCUT2D eigenvalue weighted by molar-refractivity contribution is 5.91. The molecule has 0 aromatic rings. The predicted octanol–water partition coefficient (Wildman–Crippen LogP) is 0.645. The molecule has 0 unspecified atom stereocenters. The quantitative estimate of drug-likeness (QED) is 0.683. The highest BCUT2D eigenvalue weighted by Crippen LogP contribution is 2.28. The molecule has 1 aliphatic rings. The van der Waals surface area contributed by atoms with Crippen molar-refractivity contribution in [2.75, 3.05) is 0 Å². The second-order valence-corrected chi connectivity index (χ2v) is 3.44. The summed E-state index contributed by atoms with van der Waals surface area (Å²) in [4.78, 5) is 32.7. The van der Waals surface area contributed by atoms with Crippen molar-refractivity contribution in [3.63, 3.8) is 0 Å². The van der Waals surface area contributed by atoms with Gasteiger partial charge in [0.15, 0.2) is 0 Å². The highest BCUT2D eigenvalue weighted by Gasteiger charge is 2.36. The van der Waals surface area contributed by atoms with Gasteiger partial charge in [0, 0.05) is 18.8 Å². The molecule has 0 spiro atoms. The van der Waals surface area contributed by atoms with Gasteiger partial charge >= 0.3 is 5.97 Å². The zero-order valence-electron chi connectivity index (χ0n) is 7.45. The average molecular weight is 184 g/mol. The standard InChI is InChI=1S/C9H12O4/c1-5(10)7-3-2-6(11)4-8(7)9(12)13/h7-8H,2-4H2,1H3,(H,12,13)/t7-,8+/m1/s1. The summed E-state index contributed by atoms with van der Waals surface area (Å²) < 4.78 is 0.